The Morgan fingerprint density at radius 1 is 1.16 bits per heavy atom. The second kappa shape index (κ2) is 9.14. The highest BCUT2D eigenvalue weighted by molar-refractivity contribution is 5.87. The minimum Gasteiger partial charge on any atom is -0.348 e. The summed E-state index contributed by atoms with van der Waals surface area (Å²) in [6.07, 6.45) is 4.88. The molecule has 0 spiro atoms. The molecule has 170 valence electrons. The van der Waals surface area contributed by atoms with Gasteiger partial charge in [0.15, 0.2) is 0 Å². The van der Waals surface area contributed by atoms with Crippen LogP contribution in [-0.2, 0) is 16.1 Å². The fraction of sp³-hybridized carbons (Fsp3) is 0.500. The topological polar surface area (TPSA) is 88.7 Å². The highest BCUT2D eigenvalue weighted by Crippen LogP contribution is 2.34. The highest BCUT2D eigenvalue weighted by atomic mass is 16.6. The fourth-order valence-corrected chi connectivity index (χ4v) is 4.62. The van der Waals surface area contributed by atoms with Crippen LogP contribution in [0, 0.1) is 22.0 Å². The molecule has 1 aromatic heterocycles. The van der Waals surface area contributed by atoms with Crippen molar-refractivity contribution in [2.45, 2.75) is 45.7 Å². The zero-order chi connectivity index (χ0) is 22.8. The number of hydrogen-bond acceptors (Lipinski definition) is 4. The summed E-state index contributed by atoms with van der Waals surface area (Å²) in [5.41, 5.74) is 1.82. The van der Waals surface area contributed by atoms with Gasteiger partial charge in [-0.05, 0) is 48.6 Å². The van der Waals surface area contributed by atoms with Crippen molar-refractivity contribution in [3.05, 3.63) is 64.0 Å². The summed E-state index contributed by atoms with van der Waals surface area (Å²) in [5, 5.41) is 11.1. The summed E-state index contributed by atoms with van der Waals surface area (Å²) in [5.74, 6) is 0.321. The maximum Gasteiger partial charge on any atom is 0.269 e. The van der Waals surface area contributed by atoms with Gasteiger partial charge in [0.05, 0.1) is 17.5 Å². The van der Waals surface area contributed by atoms with E-state index in [1.54, 1.807) is 17.0 Å². The average molecular weight is 439 g/mol. The SMILES string of the molecule is CC(C)CN(CC(=O)N1CCn2cccc2C1c1ccc([N+](=O)[O-])cc1)C(=O)C1CCC1. The molecule has 0 radical (unpaired) electrons. The van der Waals surface area contributed by atoms with E-state index < -0.39 is 4.92 Å². The molecule has 8 heteroatoms. The molecule has 1 aromatic carbocycles. The molecule has 2 amide bonds. The Morgan fingerprint density at radius 2 is 1.88 bits per heavy atom. The van der Waals surface area contributed by atoms with Gasteiger partial charge in [0.1, 0.15) is 0 Å². The Balaban J connectivity index is 1.60. The van der Waals surface area contributed by atoms with Crippen LogP contribution in [0.5, 0.6) is 0 Å². The molecule has 8 nitrogen and oxygen atoms in total. The molecule has 2 aromatic rings. The van der Waals surface area contributed by atoms with Crippen molar-refractivity contribution >= 4 is 17.5 Å². The lowest BCUT2D eigenvalue weighted by Crippen LogP contribution is -2.50. The van der Waals surface area contributed by atoms with E-state index in [9.17, 15) is 19.7 Å². The van der Waals surface area contributed by atoms with Crippen LogP contribution in [-0.4, -0.2) is 50.7 Å². The van der Waals surface area contributed by atoms with Crippen LogP contribution in [0.25, 0.3) is 0 Å². The molecule has 1 aliphatic carbocycles. The first-order valence-electron chi connectivity index (χ1n) is 11.3. The summed E-state index contributed by atoms with van der Waals surface area (Å²) in [4.78, 5) is 40.7. The van der Waals surface area contributed by atoms with Gasteiger partial charge in [-0.2, -0.15) is 0 Å². The molecule has 0 N–H and O–H groups in total. The van der Waals surface area contributed by atoms with Gasteiger partial charge in [-0.1, -0.05) is 20.3 Å². The second-order valence-electron chi connectivity index (χ2n) is 9.21. The molecule has 1 unspecified atom stereocenters. The van der Waals surface area contributed by atoms with E-state index in [2.05, 4.69) is 18.4 Å². The standard InChI is InChI=1S/C24H30N4O4/c1-17(2)15-26(24(30)19-5-3-6-19)16-22(29)27-14-13-25-12-4-7-21(25)23(27)18-8-10-20(11-9-18)28(31)32/h4,7-12,17,19,23H,3,5-6,13-16H2,1-2H3. The molecular formula is C24H30N4O4. The van der Waals surface area contributed by atoms with E-state index in [-0.39, 0.29) is 41.9 Å². The number of amides is 2. The van der Waals surface area contributed by atoms with Crippen LogP contribution in [0.3, 0.4) is 0 Å². The quantitative estimate of drug-likeness (QED) is 0.488. The number of non-ortho nitro benzene ring substituents is 1. The van der Waals surface area contributed by atoms with Gasteiger partial charge in [-0.3, -0.25) is 19.7 Å². The Labute approximate surface area is 188 Å². The number of carbonyl (C=O) groups is 2. The lowest BCUT2D eigenvalue weighted by atomic mass is 9.84. The second-order valence-corrected chi connectivity index (χ2v) is 9.21. The van der Waals surface area contributed by atoms with Gasteiger partial charge < -0.3 is 14.4 Å². The zero-order valence-corrected chi connectivity index (χ0v) is 18.6. The minimum absolute atomic E-state index is 0.0204. The molecule has 2 aliphatic rings. The molecule has 1 aliphatic heterocycles. The molecule has 1 saturated carbocycles. The normalized spacial score (nSPS) is 18.2. The number of benzene rings is 1. The third kappa shape index (κ3) is 4.40. The number of carbonyl (C=O) groups excluding carboxylic acids is 2. The van der Waals surface area contributed by atoms with E-state index >= 15 is 0 Å². The molecular weight excluding hydrogens is 408 g/mol. The van der Waals surface area contributed by atoms with Gasteiger partial charge in [0, 0.05) is 49.6 Å². The summed E-state index contributed by atoms with van der Waals surface area (Å²) in [6.45, 7) is 5.94. The minimum atomic E-state index is -0.424. The molecule has 32 heavy (non-hydrogen) atoms. The van der Waals surface area contributed by atoms with Crippen LogP contribution >= 0.6 is 0 Å². The number of nitro groups is 1. The first kappa shape index (κ1) is 22.0. The van der Waals surface area contributed by atoms with Crippen molar-refractivity contribution < 1.29 is 14.5 Å². The Bertz CT molecular complexity index is 994. The lowest BCUT2D eigenvalue weighted by molar-refractivity contribution is -0.384. The van der Waals surface area contributed by atoms with Crippen molar-refractivity contribution in [2.75, 3.05) is 19.6 Å². The van der Waals surface area contributed by atoms with Gasteiger partial charge in [-0.15, -0.1) is 0 Å². The maximum absolute atomic E-state index is 13.5. The smallest absolute Gasteiger partial charge is 0.269 e. The van der Waals surface area contributed by atoms with E-state index in [4.69, 9.17) is 0 Å². The van der Waals surface area contributed by atoms with Crippen LogP contribution in [0.15, 0.2) is 42.6 Å². The van der Waals surface area contributed by atoms with Crippen molar-refractivity contribution in [1.29, 1.82) is 0 Å². The number of aromatic nitrogens is 1. The van der Waals surface area contributed by atoms with E-state index in [1.807, 2.05) is 23.2 Å². The Hall–Kier alpha value is -3.16. The van der Waals surface area contributed by atoms with Gasteiger partial charge in [0.25, 0.3) is 5.69 Å². The van der Waals surface area contributed by atoms with Crippen LogP contribution in [0.4, 0.5) is 5.69 Å². The Morgan fingerprint density at radius 3 is 2.47 bits per heavy atom. The van der Waals surface area contributed by atoms with Gasteiger partial charge in [0.2, 0.25) is 11.8 Å². The predicted molar refractivity (Wildman–Crippen MR) is 120 cm³/mol. The molecule has 0 saturated heterocycles. The average Bonchev–Trinajstić information content (AvgIpc) is 3.19. The lowest BCUT2D eigenvalue weighted by Gasteiger charge is -2.39. The van der Waals surface area contributed by atoms with Crippen molar-refractivity contribution in [1.82, 2.24) is 14.4 Å². The van der Waals surface area contributed by atoms with Crippen molar-refractivity contribution in [3.63, 3.8) is 0 Å². The maximum atomic E-state index is 13.5. The van der Waals surface area contributed by atoms with Gasteiger partial charge >= 0.3 is 0 Å². The first-order valence-corrected chi connectivity index (χ1v) is 11.3. The molecule has 2 heterocycles. The molecule has 4 rings (SSSR count). The number of hydrogen-bond donors (Lipinski definition) is 0. The number of rotatable bonds is 7. The first-order chi connectivity index (χ1) is 15.3. The highest BCUT2D eigenvalue weighted by Gasteiger charge is 2.35. The number of nitrogens with zero attached hydrogens (tertiary/aromatic N) is 4. The van der Waals surface area contributed by atoms with Crippen LogP contribution < -0.4 is 0 Å². The van der Waals surface area contributed by atoms with Crippen LogP contribution in [0.2, 0.25) is 0 Å². The number of nitro benzene ring substituents is 1. The summed E-state index contributed by atoms with van der Waals surface area (Å²) in [7, 11) is 0. The fourth-order valence-electron chi connectivity index (χ4n) is 4.62. The summed E-state index contributed by atoms with van der Waals surface area (Å²) in [6, 6.07) is 9.99. The van der Waals surface area contributed by atoms with Crippen molar-refractivity contribution in [3.8, 4) is 0 Å². The molecule has 0 bridgehead atoms. The molecule has 1 fully saturated rings. The number of fused-ring (bicyclic) bond motifs is 1. The largest absolute Gasteiger partial charge is 0.348 e. The van der Waals surface area contributed by atoms with Crippen LogP contribution in [0.1, 0.15) is 50.4 Å². The molecule has 1 atom stereocenters. The summed E-state index contributed by atoms with van der Waals surface area (Å²) < 4.78 is 2.11. The van der Waals surface area contributed by atoms with E-state index in [1.165, 1.54) is 12.1 Å². The van der Waals surface area contributed by atoms with E-state index in [0.717, 1.165) is 30.5 Å². The Kier molecular flexibility index (Phi) is 6.30. The zero-order valence-electron chi connectivity index (χ0n) is 18.6. The predicted octanol–water partition coefficient (Wildman–Crippen LogP) is 3.61. The third-order valence-electron chi connectivity index (χ3n) is 6.46. The van der Waals surface area contributed by atoms with Gasteiger partial charge in [-0.25, -0.2) is 0 Å². The monoisotopic (exact) mass is 438 g/mol. The van der Waals surface area contributed by atoms with E-state index in [0.29, 0.717) is 19.6 Å². The third-order valence-corrected chi connectivity index (χ3v) is 6.46. The summed E-state index contributed by atoms with van der Waals surface area (Å²) >= 11 is 0. The van der Waals surface area contributed by atoms with Crippen molar-refractivity contribution in [2.24, 2.45) is 11.8 Å².